The van der Waals surface area contributed by atoms with Gasteiger partial charge in [0.05, 0.1) is 6.54 Å². The lowest BCUT2D eigenvalue weighted by Crippen LogP contribution is -2.09. The molecule has 0 aliphatic heterocycles. The van der Waals surface area contributed by atoms with Crippen molar-refractivity contribution in [2.75, 3.05) is 0 Å². The van der Waals surface area contributed by atoms with Crippen LogP contribution in [-0.4, -0.2) is 10.4 Å². The van der Waals surface area contributed by atoms with Gasteiger partial charge in [-0.15, -0.1) is 0 Å². The smallest absolute Gasteiger partial charge is 0.182 e. The van der Waals surface area contributed by atoms with Crippen molar-refractivity contribution in [2.24, 2.45) is 0 Å². The second-order valence-corrected chi connectivity index (χ2v) is 5.37. The van der Waals surface area contributed by atoms with Gasteiger partial charge in [-0.05, 0) is 30.5 Å². The first kappa shape index (κ1) is 12.9. The Bertz CT molecular complexity index is 771. The molecule has 0 aliphatic carbocycles. The highest BCUT2D eigenvalue weighted by Crippen LogP contribution is 2.21. The Morgan fingerprint density at radius 1 is 1.10 bits per heavy atom. The zero-order valence-corrected chi connectivity index (χ0v) is 11.9. The van der Waals surface area contributed by atoms with Crippen molar-refractivity contribution in [2.45, 2.75) is 13.5 Å². The van der Waals surface area contributed by atoms with Crippen LogP contribution in [-0.2, 0) is 6.54 Å². The van der Waals surface area contributed by atoms with Gasteiger partial charge in [0.1, 0.15) is 0 Å². The van der Waals surface area contributed by atoms with Crippen molar-refractivity contribution in [3.8, 4) is 0 Å². The van der Waals surface area contributed by atoms with Crippen LogP contribution in [0.3, 0.4) is 0 Å². The highest BCUT2D eigenvalue weighted by molar-refractivity contribution is 6.31. The molecule has 0 fully saturated rings. The number of halogens is 1. The van der Waals surface area contributed by atoms with E-state index in [1.54, 1.807) is 0 Å². The van der Waals surface area contributed by atoms with Gasteiger partial charge in [-0.3, -0.25) is 4.79 Å². The van der Waals surface area contributed by atoms with Gasteiger partial charge in [-0.1, -0.05) is 47.5 Å². The van der Waals surface area contributed by atoms with Gasteiger partial charge in [0.15, 0.2) is 5.78 Å². The Hall–Kier alpha value is -2.06. The van der Waals surface area contributed by atoms with E-state index in [4.69, 9.17) is 11.6 Å². The Balaban J connectivity index is 1.91. The van der Waals surface area contributed by atoms with Gasteiger partial charge in [0.2, 0.25) is 0 Å². The van der Waals surface area contributed by atoms with E-state index in [-0.39, 0.29) is 5.78 Å². The Kier molecular flexibility index (Phi) is 3.33. The summed E-state index contributed by atoms with van der Waals surface area (Å²) in [6.45, 7) is 2.34. The lowest BCUT2D eigenvalue weighted by atomic mass is 10.1. The summed E-state index contributed by atoms with van der Waals surface area (Å²) in [5.41, 5.74) is 2.87. The first-order chi connectivity index (χ1) is 9.63. The first-order valence-corrected chi connectivity index (χ1v) is 6.85. The van der Waals surface area contributed by atoms with Crippen LogP contribution in [0, 0.1) is 6.92 Å². The molecule has 2 nitrogen and oxygen atoms in total. The fourth-order valence-electron chi connectivity index (χ4n) is 2.28. The quantitative estimate of drug-likeness (QED) is 0.649. The molecule has 3 aromatic rings. The average molecular weight is 284 g/mol. The predicted octanol–water partition coefficient (Wildman–Crippen LogP) is 4.49. The average Bonchev–Trinajstić information content (AvgIpc) is 2.82. The number of benzene rings is 2. The number of carbonyl (C=O) groups is 1. The number of rotatable bonds is 3. The summed E-state index contributed by atoms with van der Waals surface area (Å²) in [4.78, 5) is 12.3. The molecular formula is C17H14ClNO. The summed E-state index contributed by atoms with van der Waals surface area (Å²) in [7, 11) is 0. The highest BCUT2D eigenvalue weighted by Gasteiger charge is 2.09. The van der Waals surface area contributed by atoms with Crippen molar-refractivity contribution < 1.29 is 4.79 Å². The number of aromatic nitrogens is 1. The number of nitrogens with zero attached hydrogens (tertiary/aromatic N) is 1. The third-order valence-electron chi connectivity index (χ3n) is 3.42. The highest BCUT2D eigenvalue weighted by atomic mass is 35.5. The van der Waals surface area contributed by atoms with Crippen molar-refractivity contribution in [3.63, 3.8) is 0 Å². The molecule has 3 heteroatoms. The minimum absolute atomic E-state index is 0.0995. The van der Waals surface area contributed by atoms with Gasteiger partial charge >= 0.3 is 0 Å². The molecule has 1 aromatic heterocycles. The van der Waals surface area contributed by atoms with Crippen LogP contribution < -0.4 is 0 Å². The molecule has 0 saturated carbocycles. The van der Waals surface area contributed by atoms with E-state index >= 15 is 0 Å². The maximum atomic E-state index is 12.3. The van der Waals surface area contributed by atoms with Gasteiger partial charge < -0.3 is 4.57 Å². The minimum atomic E-state index is 0.0995. The van der Waals surface area contributed by atoms with Crippen molar-refractivity contribution in [1.82, 2.24) is 4.57 Å². The van der Waals surface area contributed by atoms with E-state index < -0.39 is 0 Å². The van der Waals surface area contributed by atoms with Crippen LogP contribution in [0.15, 0.2) is 54.7 Å². The lowest BCUT2D eigenvalue weighted by Gasteiger charge is -2.05. The van der Waals surface area contributed by atoms with Crippen molar-refractivity contribution >= 4 is 28.3 Å². The van der Waals surface area contributed by atoms with Gasteiger partial charge in [0, 0.05) is 22.3 Å². The Morgan fingerprint density at radius 2 is 1.85 bits per heavy atom. The first-order valence-electron chi connectivity index (χ1n) is 6.48. The molecule has 2 aromatic carbocycles. The molecule has 100 valence electrons. The van der Waals surface area contributed by atoms with Crippen molar-refractivity contribution in [3.05, 3.63) is 70.9 Å². The van der Waals surface area contributed by atoms with E-state index in [0.717, 1.165) is 22.0 Å². The topological polar surface area (TPSA) is 22.0 Å². The van der Waals surface area contributed by atoms with E-state index in [1.165, 1.54) is 0 Å². The number of aryl methyl sites for hydroxylation is 1. The maximum absolute atomic E-state index is 12.3. The van der Waals surface area contributed by atoms with E-state index in [0.29, 0.717) is 11.6 Å². The van der Waals surface area contributed by atoms with Crippen LogP contribution >= 0.6 is 11.6 Å². The summed E-state index contributed by atoms with van der Waals surface area (Å²) >= 11 is 6.02. The second kappa shape index (κ2) is 5.14. The molecule has 0 spiro atoms. The zero-order valence-electron chi connectivity index (χ0n) is 11.1. The number of hydrogen-bond donors (Lipinski definition) is 0. The maximum Gasteiger partial charge on any atom is 0.182 e. The van der Waals surface area contributed by atoms with E-state index in [9.17, 15) is 4.79 Å². The fourth-order valence-corrected chi connectivity index (χ4v) is 2.45. The summed E-state index contributed by atoms with van der Waals surface area (Å²) in [6, 6.07) is 15.4. The van der Waals surface area contributed by atoms with Gasteiger partial charge in [-0.25, -0.2) is 0 Å². The Labute approximate surface area is 122 Å². The molecule has 0 bridgehead atoms. The van der Waals surface area contributed by atoms with Crippen LogP contribution in [0.4, 0.5) is 0 Å². The number of Topliss-reactive ketones (excluding diaryl/α,β-unsaturated/α-hetero) is 1. The van der Waals surface area contributed by atoms with Crippen LogP contribution in [0.25, 0.3) is 10.9 Å². The molecule has 0 unspecified atom stereocenters. The summed E-state index contributed by atoms with van der Waals surface area (Å²) in [6.07, 6.45) is 1.92. The van der Waals surface area contributed by atoms with E-state index in [1.807, 2.05) is 66.2 Å². The summed E-state index contributed by atoms with van der Waals surface area (Å²) in [5.74, 6) is 0.0995. The van der Waals surface area contributed by atoms with Crippen LogP contribution in [0.1, 0.15) is 15.9 Å². The number of hydrogen-bond acceptors (Lipinski definition) is 1. The molecule has 1 heterocycles. The van der Waals surface area contributed by atoms with Crippen molar-refractivity contribution in [1.29, 1.82) is 0 Å². The number of ketones is 1. The molecule has 20 heavy (non-hydrogen) atoms. The number of fused-ring (bicyclic) bond motifs is 1. The standard InChI is InChI=1S/C17H14ClNO/c1-12-2-4-14(5-3-12)17(20)11-19-9-8-13-6-7-15(18)10-16(13)19/h2-10H,11H2,1H3. The summed E-state index contributed by atoms with van der Waals surface area (Å²) in [5, 5.41) is 1.77. The second-order valence-electron chi connectivity index (χ2n) is 4.94. The fraction of sp³-hybridized carbons (Fsp3) is 0.118. The molecule has 0 amide bonds. The molecule has 0 N–H and O–H groups in total. The SMILES string of the molecule is Cc1ccc(C(=O)Cn2ccc3ccc(Cl)cc32)cc1. The van der Waals surface area contributed by atoms with Crippen LogP contribution in [0.5, 0.6) is 0 Å². The van der Waals surface area contributed by atoms with Crippen LogP contribution in [0.2, 0.25) is 5.02 Å². The monoisotopic (exact) mass is 283 g/mol. The molecule has 0 aliphatic rings. The lowest BCUT2D eigenvalue weighted by molar-refractivity contribution is 0.0973. The summed E-state index contributed by atoms with van der Waals surface area (Å²) < 4.78 is 1.93. The normalized spacial score (nSPS) is 10.9. The molecule has 0 atom stereocenters. The van der Waals surface area contributed by atoms with Gasteiger partial charge in [-0.2, -0.15) is 0 Å². The third kappa shape index (κ3) is 2.47. The third-order valence-corrected chi connectivity index (χ3v) is 3.66. The number of carbonyl (C=O) groups excluding carboxylic acids is 1. The molecular weight excluding hydrogens is 270 g/mol. The zero-order chi connectivity index (χ0) is 14.1. The Morgan fingerprint density at radius 3 is 2.60 bits per heavy atom. The van der Waals surface area contributed by atoms with E-state index in [2.05, 4.69) is 0 Å². The molecule has 0 radical (unpaired) electrons. The van der Waals surface area contributed by atoms with Gasteiger partial charge in [0.25, 0.3) is 0 Å². The minimum Gasteiger partial charge on any atom is -0.340 e. The molecule has 0 saturated heterocycles. The molecule has 3 rings (SSSR count). The predicted molar refractivity (Wildman–Crippen MR) is 82.5 cm³/mol. The largest absolute Gasteiger partial charge is 0.340 e.